The van der Waals surface area contributed by atoms with Gasteiger partial charge in [-0.2, -0.15) is 0 Å². The number of hydrogen-bond donors (Lipinski definition) is 3. The van der Waals surface area contributed by atoms with Crippen LogP contribution < -0.4 is 5.73 Å². The number of carbonyl (C=O) groups excluding carboxylic acids is 2. The predicted molar refractivity (Wildman–Crippen MR) is 127 cm³/mol. The number of aliphatic hydroxyl groups is 2. The normalized spacial score (nSPS) is 19.4. The van der Waals surface area contributed by atoms with E-state index in [0.29, 0.717) is 48.3 Å². The van der Waals surface area contributed by atoms with E-state index < -0.39 is 18.9 Å². The van der Waals surface area contributed by atoms with E-state index in [4.69, 9.17) is 15.2 Å². The lowest BCUT2D eigenvalue weighted by atomic mass is 10.1. The molecule has 0 saturated carbocycles. The molecule has 4 heterocycles. The number of nitrogen functional groups attached to an aromatic ring is 1. The molecular formula is C24H26N6O6. The van der Waals surface area contributed by atoms with E-state index in [1.54, 1.807) is 28.8 Å². The fourth-order valence-electron chi connectivity index (χ4n) is 4.48. The first-order valence-electron chi connectivity index (χ1n) is 11.7. The summed E-state index contributed by atoms with van der Waals surface area (Å²) in [6.07, 6.45) is 4.07. The number of aliphatic hydroxyl groups excluding tert-OH is 2. The van der Waals surface area contributed by atoms with Crippen molar-refractivity contribution in [2.45, 2.75) is 38.0 Å². The zero-order valence-corrected chi connectivity index (χ0v) is 19.4. The van der Waals surface area contributed by atoms with Crippen LogP contribution >= 0.6 is 0 Å². The van der Waals surface area contributed by atoms with E-state index in [1.165, 1.54) is 17.6 Å². The standard InChI is InChI=1S/C24H26N6O6/c25-20-17-21(27-12-26-20)30(13-28-17)24-19(18(32)16(11-31)36-24)35-10-6-2-1-5-9-29-22(33)14-7-3-4-8-15(14)23(29)34/h3-4,7-8,12-13,19,24,31-32H,1-2,5-6,9-11H2,(H2,25,26,27)/t19?,24-/m1/s1. The van der Waals surface area contributed by atoms with Crippen LogP contribution in [0.4, 0.5) is 5.82 Å². The number of benzene rings is 1. The largest absolute Gasteiger partial charge is 0.506 e. The van der Waals surface area contributed by atoms with Gasteiger partial charge in [0.25, 0.3) is 11.8 Å². The van der Waals surface area contributed by atoms with E-state index in [-0.39, 0.29) is 29.2 Å². The molecule has 5 rings (SSSR count). The SMILES string of the molecule is Nc1ncnc2c1ncn2[C@@H]1OC(CO)=C(O)C1OCCCCCCN1C(=O)c2ccccc2C1=O. The van der Waals surface area contributed by atoms with Crippen molar-refractivity contribution in [3.63, 3.8) is 0 Å². The molecule has 0 fully saturated rings. The maximum Gasteiger partial charge on any atom is 0.261 e. The number of ether oxygens (including phenoxy) is 2. The highest BCUT2D eigenvalue weighted by atomic mass is 16.6. The van der Waals surface area contributed by atoms with Crippen molar-refractivity contribution in [1.82, 2.24) is 24.4 Å². The molecule has 2 amide bonds. The van der Waals surface area contributed by atoms with Gasteiger partial charge in [-0.3, -0.25) is 19.1 Å². The van der Waals surface area contributed by atoms with Crippen LogP contribution in [-0.4, -0.2) is 72.3 Å². The Labute approximate surface area is 206 Å². The Morgan fingerprint density at radius 3 is 2.47 bits per heavy atom. The summed E-state index contributed by atoms with van der Waals surface area (Å²) in [6, 6.07) is 6.85. The van der Waals surface area contributed by atoms with Gasteiger partial charge >= 0.3 is 0 Å². The highest BCUT2D eigenvalue weighted by Gasteiger charge is 2.40. The second-order valence-corrected chi connectivity index (χ2v) is 8.57. The van der Waals surface area contributed by atoms with Crippen molar-refractivity contribution in [3.8, 4) is 0 Å². The summed E-state index contributed by atoms with van der Waals surface area (Å²) < 4.78 is 13.2. The molecule has 2 aromatic heterocycles. The van der Waals surface area contributed by atoms with Gasteiger partial charge in [0.1, 0.15) is 24.8 Å². The molecule has 1 unspecified atom stereocenters. The van der Waals surface area contributed by atoms with Crippen molar-refractivity contribution in [3.05, 3.63) is 59.6 Å². The smallest absolute Gasteiger partial charge is 0.261 e. The van der Waals surface area contributed by atoms with Crippen LogP contribution in [0.1, 0.15) is 52.6 Å². The van der Waals surface area contributed by atoms with Gasteiger partial charge in [-0.15, -0.1) is 0 Å². The molecule has 1 aromatic carbocycles. The lowest BCUT2D eigenvalue weighted by molar-refractivity contribution is -0.0529. The fourth-order valence-corrected chi connectivity index (χ4v) is 4.48. The van der Waals surface area contributed by atoms with Crippen LogP contribution in [0.5, 0.6) is 0 Å². The third-order valence-electron chi connectivity index (χ3n) is 6.33. The van der Waals surface area contributed by atoms with Gasteiger partial charge < -0.3 is 25.4 Å². The molecule has 36 heavy (non-hydrogen) atoms. The highest BCUT2D eigenvalue weighted by molar-refractivity contribution is 6.21. The molecule has 188 valence electrons. The van der Waals surface area contributed by atoms with Crippen molar-refractivity contribution in [2.24, 2.45) is 0 Å². The number of nitrogens with zero attached hydrogens (tertiary/aromatic N) is 5. The number of aromatic nitrogens is 4. The molecule has 0 saturated heterocycles. The summed E-state index contributed by atoms with van der Waals surface area (Å²) in [7, 11) is 0. The topological polar surface area (TPSA) is 166 Å². The number of anilines is 1. The van der Waals surface area contributed by atoms with Crippen LogP contribution in [-0.2, 0) is 9.47 Å². The minimum Gasteiger partial charge on any atom is -0.506 e. The number of fused-ring (bicyclic) bond motifs is 2. The molecule has 2 atom stereocenters. The number of rotatable bonds is 10. The first kappa shape index (κ1) is 23.7. The molecule has 0 spiro atoms. The Morgan fingerprint density at radius 2 is 1.75 bits per heavy atom. The van der Waals surface area contributed by atoms with Gasteiger partial charge in [0.2, 0.25) is 6.23 Å². The van der Waals surface area contributed by atoms with Gasteiger partial charge in [0.05, 0.1) is 11.1 Å². The van der Waals surface area contributed by atoms with Crippen molar-refractivity contribution < 1.29 is 29.3 Å². The summed E-state index contributed by atoms with van der Waals surface area (Å²) in [5.41, 5.74) is 7.59. The predicted octanol–water partition coefficient (Wildman–Crippen LogP) is 1.94. The third-order valence-corrected chi connectivity index (χ3v) is 6.33. The summed E-state index contributed by atoms with van der Waals surface area (Å²) >= 11 is 0. The van der Waals surface area contributed by atoms with Crippen molar-refractivity contribution >= 4 is 28.8 Å². The highest BCUT2D eigenvalue weighted by Crippen LogP contribution is 2.35. The zero-order chi connectivity index (χ0) is 25.2. The number of imidazole rings is 1. The fraction of sp³-hybridized carbons (Fsp3) is 0.375. The number of hydrogen-bond acceptors (Lipinski definition) is 10. The van der Waals surface area contributed by atoms with Gasteiger partial charge in [0, 0.05) is 13.2 Å². The van der Waals surface area contributed by atoms with Crippen LogP contribution in [0, 0.1) is 0 Å². The molecular weight excluding hydrogens is 468 g/mol. The Morgan fingerprint density at radius 1 is 1.03 bits per heavy atom. The Kier molecular flexibility index (Phi) is 6.53. The van der Waals surface area contributed by atoms with Gasteiger partial charge in [0.15, 0.2) is 29.1 Å². The molecule has 0 aliphatic carbocycles. The van der Waals surface area contributed by atoms with Gasteiger partial charge in [-0.25, -0.2) is 15.0 Å². The van der Waals surface area contributed by atoms with Gasteiger partial charge in [-0.1, -0.05) is 25.0 Å². The average molecular weight is 495 g/mol. The maximum atomic E-state index is 12.4. The minimum atomic E-state index is -0.862. The molecule has 0 bridgehead atoms. The van der Waals surface area contributed by atoms with Crippen molar-refractivity contribution in [2.75, 3.05) is 25.5 Å². The Hall–Kier alpha value is -4.03. The molecule has 4 N–H and O–H groups in total. The van der Waals surface area contributed by atoms with E-state index in [9.17, 15) is 19.8 Å². The number of imide groups is 1. The van der Waals surface area contributed by atoms with Crippen molar-refractivity contribution in [1.29, 1.82) is 0 Å². The third kappa shape index (κ3) is 4.14. The van der Waals surface area contributed by atoms with Crippen LogP contribution in [0.15, 0.2) is 48.4 Å². The Bertz CT molecular complexity index is 1300. The van der Waals surface area contributed by atoms with E-state index in [1.807, 2.05) is 0 Å². The second kappa shape index (κ2) is 9.91. The molecule has 2 aliphatic rings. The first-order valence-corrected chi connectivity index (χ1v) is 11.7. The number of carbonyl (C=O) groups is 2. The monoisotopic (exact) mass is 494 g/mol. The zero-order valence-electron chi connectivity index (χ0n) is 19.4. The van der Waals surface area contributed by atoms with Crippen LogP contribution in [0.2, 0.25) is 0 Å². The second-order valence-electron chi connectivity index (χ2n) is 8.57. The number of nitrogens with two attached hydrogens (primary N) is 1. The van der Waals surface area contributed by atoms with Gasteiger partial charge in [-0.05, 0) is 25.0 Å². The van der Waals surface area contributed by atoms with E-state index in [2.05, 4.69) is 15.0 Å². The van der Waals surface area contributed by atoms with Crippen LogP contribution in [0.25, 0.3) is 11.2 Å². The minimum absolute atomic E-state index is 0.0230. The quantitative estimate of drug-likeness (QED) is 0.280. The van der Waals surface area contributed by atoms with Crippen LogP contribution in [0.3, 0.4) is 0 Å². The number of amides is 2. The van der Waals surface area contributed by atoms with E-state index in [0.717, 1.165) is 12.8 Å². The maximum absolute atomic E-state index is 12.4. The first-order chi connectivity index (χ1) is 17.5. The summed E-state index contributed by atoms with van der Waals surface area (Å²) in [5, 5.41) is 20.1. The summed E-state index contributed by atoms with van der Waals surface area (Å²) in [4.78, 5) is 38.5. The lowest BCUT2D eigenvalue weighted by Crippen LogP contribution is -2.30. The summed E-state index contributed by atoms with van der Waals surface area (Å²) in [6.45, 7) is 0.210. The number of unbranched alkanes of at least 4 members (excludes halogenated alkanes) is 3. The Balaban J connectivity index is 1.12. The average Bonchev–Trinajstić information content (AvgIpc) is 3.53. The lowest BCUT2D eigenvalue weighted by Gasteiger charge is -2.21. The molecule has 2 aliphatic heterocycles. The molecule has 12 nitrogen and oxygen atoms in total. The molecule has 12 heteroatoms. The molecule has 0 radical (unpaired) electrons. The summed E-state index contributed by atoms with van der Waals surface area (Å²) in [5.74, 6) is -0.429. The molecule has 3 aromatic rings. The van der Waals surface area contributed by atoms with E-state index >= 15 is 0 Å².